The van der Waals surface area contributed by atoms with Gasteiger partial charge in [-0.05, 0) is 24.6 Å². The summed E-state index contributed by atoms with van der Waals surface area (Å²) in [5, 5.41) is 1.02. The average Bonchev–Trinajstić information content (AvgIpc) is 2.27. The molecular weight excluding hydrogens is 192 g/mol. The van der Waals surface area contributed by atoms with Gasteiger partial charge < -0.3 is 0 Å². The van der Waals surface area contributed by atoms with Crippen LogP contribution in [0.1, 0.15) is 29.3 Å². The van der Waals surface area contributed by atoms with Gasteiger partial charge in [-0.1, -0.05) is 13.0 Å². The van der Waals surface area contributed by atoms with E-state index in [4.69, 9.17) is 5.84 Å². The van der Waals surface area contributed by atoms with E-state index < -0.39 is 0 Å². The number of hydrogen-bond acceptors (Lipinski definition) is 3. The molecule has 0 heterocycles. The molecule has 1 amide bonds. The lowest BCUT2D eigenvalue weighted by atomic mass is 10.1. The van der Waals surface area contributed by atoms with Crippen molar-refractivity contribution in [3.05, 3.63) is 29.3 Å². The van der Waals surface area contributed by atoms with Crippen molar-refractivity contribution in [2.45, 2.75) is 20.3 Å². The zero-order valence-electron chi connectivity index (χ0n) is 8.86. The van der Waals surface area contributed by atoms with Gasteiger partial charge in [-0.2, -0.15) is 0 Å². The van der Waals surface area contributed by atoms with Gasteiger partial charge in [0.2, 0.25) is 5.91 Å². The van der Waals surface area contributed by atoms with E-state index in [-0.39, 0.29) is 5.91 Å². The summed E-state index contributed by atoms with van der Waals surface area (Å²) in [6.07, 6.45) is 1.00. The standard InChI is InChI=1S/C11H14N2O2/c1-3-11(15)13(12)10-6-8(2)4-5-9(10)7-14/h4-7H,3,12H2,1-2H3. The molecule has 1 aromatic rings. The first kappa shape index (κ1) is 11.4. The van der Waals surface area contributed by atoms with Crippen molar-refractivity contribution in [3.63, 3.8) is 0 Å². The SMILES string of the molecule is CCC(=O)N(N)c1cc(C)ccc1C=O. The Hall–Kier alpha value is -1.68. The van der Waals surface area contributed by atoms with Gasteiger partial charge >= 0.3 is 0 Å². The lowest BCUT2D eigenvalue weighted by molar-refractivity contribution is -0.118. The Bertz CT molecular complexity index is 388. The summed E-state index contributed by atoms with van der Waals surface area (Å²) in [4.78, 5) is 22.1. The molecule has 4 heteroatoms. The van der Waals surface area contributed by atoms with E-state index in [9.17, 15) is 9.59 Å². The number of rotatable bonds is 3. The summed E-state index contributed by atoms with van der Waals surface area (Å²) in [6.45, 7) is 3.60. The molecular formula is C11H14N2O2. The molecule has 0 spiro atoms. The molecule has 4 nitrogen and oxygen atoms in total. The van der Waals surface area contributed by atoms with Crippen molar-refractivity contribution in [1.82, 2.24) is 0 Å². The predicted octanol–water partition coefficient (Wildman–Crippen LogP) is 1.42. The summed E-state index contributed by atoms with van der Waals surface area (Å²) in [6, 6.07) is 5.18. The molecule has 0 atom stereocenters. The number of nitrogens with zero attached hydrogens (tertiary/aromatic N) is 1. The first-order valence-corrected chi connectivity index (χ1v) is 4.73. The number of nitrogens with two attached hydrogens (primary N) is 1. The van der Waals surface area contributed by atoms with Gasteiger partial charge in [-0.3, -0.25) is 9.59 Å². The summed E-state index contributed by atoms with van der Waals surface area (Å²) in [5.74, 6) is 5.40. The maximum absolute atomic E-state index is 11.4. The summed E-state index contributed by atoms with van der Waals surface area (Å²) >= 11 is 0. The molecule has 0 aromatic heterocycles. The first-order chi connectivity index (χ1) is 7.10. The highest BCUT2D eigenvalue weighted by atomic mass is 16.2. The van der Waals surface area contributed by atoms with Gasteiger partial charge in [0.25, 0.3) is 0 Å². The normalized spacial score (nSPS) is 9.80. The Kier molecular flexibility index (Phi) is 3.57. The van der Waals surface area contributed by atoms with Crippen molar-refractivity contribution < 1.29 is 9.59 Å². The highest BCUT2D eigenvalue weighted by Gasteiger charge is 2.13. The van der Waals surface area contributed by atoms with Crippen LogP contribution in [0.25, 0.3) is 0 Å². The van der Waals surface area contributed by atoms with Crippen LogP contribution >= 0.6 is 0 Å². The molecule has 0 saturated heterocycles. The summed E-state index contributed by atoms with van der Waals surface area (Å²) in [5.41, 5.74) is 1.83. The van der Waals surface area contributed by atoms with Crippen LogP contribution in [0, 0.1) is 6.92 Å². The zero-order chi connectivity index (χ0) is 11.4. The van der Waals surface area contributed by atoms with Crippen LogP contribution < -0.4 is 10.9 Å². The molecule has 15 heavy (non-hydrogen) atoms. The predicted molar refractivity (Wildman–Crippen MR) is 58.5 cm³/mol. The fourth-order valence-electron chi connectivity index (χ4n) is 1.27. The quantitative estimate of drug-likeness (QED) is 0.352. The average molecular weight is 206 g/mol. The number of carbonyl (C=O) groups is 2. The smallest absolute Gasteiger partial charge is 0.240 e. The topological polar surface area (TPSA) is 63.4 Å². The van der Waals surface area contributed by atoms with Crippen LogP contribution in [0.3, 0.4) is 0 Å². The van der Waals surface area contributed by atoms with Gasteiger partial charge in [0.05, 0.1) is 5.69 Å². The molecule has 1 rings (SSSR count). The maximum atomic E-state index is 11.4. The van der Waals surface area contributed by atoms with Crippen LogP contribution in [0.4, 0.5) is 5.69 Å². The molecule has 0 saturated carbocycles. The second-order valence-corrected chi connectivity index (χ2v) is 3.30. The summed E-state index contributed by atoms with van der Waals surface area (Å²) < 4.78 is 0. The van der Waals surface area contributed by atoms with E-state index in [1.807, 2.05) is 6.92 Å². The van der Waals surface area contributed by atoms with Crippen LogP contribution in [0.15, 0.2) is 18.2 Å². The third-order valence-corrected chi connectivity index (χ3v) is 2.14. The van der Waals surface area contributed by atoms with Crippen LogP contribution in [-0.2, 0) is 4.79 Å². The molecule has 0 unspecified atom stereocenters. The van der Waals surface area contributed by atoms with Crippen molar-refractivity contribution >= 4 is 17.9 Å². The van der Waals surface area contributed by atoms with E-state index in [1.165, 1.54) is 0 Å². The van der Waals surface area contributed by atoms with Crippen LogP contribution in [0.2, 0.25) is 0 Å². The largest absolute Gasteiger partial charge is 0.298 e. The Balaban J connectivity index is 3.16. The fraction of sp³-hybridized carbons (Fsp3) is 0.273. The molecule has 0 radical (unpaired) electrons. The highest BCUT2D eigenvalue weighted by Crippen LogP contribution is 2.19. The Morgan fingerprint density at radius 3 is 2.73 bits per heavy atom. The van der Waals surface area contributed by atoms with Crippen molar-refractivity contribution in [2.24, 2.45) is 5.84 Å². The van der Waals surface area contributed by atoms with Gasteiger partial charge in [0.1, 0.15) is 0 Å². The zero-order valence-corrected chi connectivity index (χ0v) is 8.86. The highest BCUT2D eigenvalue weighted by molar-refractivity contribution is 5.97. The molecule has 0 aliphatic carbocycles. The molecule has 0 aliphatic rings. The lowest BCUT2D eigenvalue weighted by Crippen LogP contribution is -2.37. The number of anilines is 1. The molecule has 0 bridgehead atoms. The molecule has 0 aliphatic heterocycles. The molecule has 80 valence electrons. The number of benzene rings is 1. The van der Waals surface area contributed by atoms with E-state index >= 15 is 0 Å². The number of aldehydes is 1. The molecule has 0 fully saturated rings. The third-order valence-electron chi connectivity index (χ3n) is 2.14. The molecule has 1 aromatic carbocycles. The van der Waals surface area contributed by atoms with Crippen molar-refractivity contribution in [2.75, 3.05) is 5.01 Å². The number of hydrazine groups is 1. The Morgan fingerprint density at radius 2 is 2.20 bits per heavy atom. The summed E-state index contributed by atoms with van der Waals surface area (Å²) in [7, 11) is 0. The second-order valence-electron chi connectivity index (χ2n) is 3.30. The minimum Gasteiger partial charge on any atom is -0.298 e. The third kappa shape index (κ3) is 2.41. The minimum atomic E-state index is -0.219. The van der Waals surface area contributed by atoms with E-state index in [2.05, 4.69) is 0 Å². The number of hydrogen-bond donors (Lipinski definition) is 1. The van der Waals surface area contributed by atoms with Crippen LogP contribution in [0.5, 0.6) is 0 Å². The second kappa shape index (κ2) is 4.70. The fourth-order valence-corrected chi connectivity index (χ4v) is 1.27. The van der Waals surface area contributed by atoms with Crippen molar-refractivity contribution in [1.29, 1.82) is 0 Å². The lowest BCUT2D eigenvalue weighted by Gasteiger charge is -2.18. The van der Waals surface area contributed by atoms with Crippen molar-refractivity contribution in [3.8, 4) is 0 Å². The van der Waals surface area contributed by atoms with Gasteiger partial charge in [-0.25, -0.2) is 10.9 Å². The number of amides is 1. The van der Waals surface area contributed by atoms with Gasteiger partial charge in [0.15, 0.2) is 6.29 Å². The van der Waals surface area contributed by atoms with Gasteiger partial charge in [0, 0.05) is 12.0 Å². The number of aryl methyl sites for hydroxylation is 1. The van der Waals surface area contributed by atoms with E-state index in [1.54, 1.807) is 25.1 Å². The first-order valence-electron chi connectivity index (χ1n) is 4.73. The monoisotopic (exact) mass is 206 g/mol. The van der Waals surface area contributed by atoms with E-state index in [0.29, 0.717) is 24.0 Å². The van der Waals surface area contributed by atoms with Crippen LogP contribution in [-0.4, -0.2) is 12.2 Å². The Labute approximate surface area is 88.6 Å². The van der Waals surface area contributed by atoms with E-state index in [0.717, 1.165) is 10.6 Å². The minimum absolute atomic E-state index is 0.219. The number of carbonyl (C=O) groups excluding carboxylic acids is 2. The maximum Gasteiger partial charge on any atom is 0.240 e. The Morgan fingerprint density at radius 1 is 1.53 bits per heavy atom. The molecule has 2 N–H and O–H groups in total. The van der Waals surface area contributed by atoms with Gasteiger partial charge in [-0.15, -0.1) is 0 Å².